The molecule has 0 radical (unpaired) electrons. The van der Waals surface area contributed by atoms with E-state index in [1.165, 1.54) is 10.8 Å². The van der Waals surface area contributed by atoms with Gasteiger partial charge in [0.25, 0.3) is 0 Å². The molecule has 0 saturated carbocycles. The molecular weight excluding hydrogens is 270 g/mol. The highest BCUT2D eigenvalue weighted by molar-refractivity contribution is 7.99. The molecule has 0 aliphatic heterocycles. The molecule has 0 amide bonds. The summed E-state index contributed by atoms with van der Waals surface area (Å²) >= 11 is 1.71. The van der Waals surface area contributed by atoms with E-state index in [9.17, 15) is 5.11 Å². The van der Waals surface area contributed by atoms with E-state index in [-0.39, 0.29) is 11.9 Å². The third kappa shape index (κ3) is 5.30. The molecule has 1 rings (SSSR count). The molecule has 19 heavy (non-hydrogen) atoms. The van der Waals surface area contributed by atoms with Crippen LogP contribution in [-0.2, 0) is 6.54 Å². The van der Waals surface area contributed by atoms with Crippen LogP contribution in [-0.4, -0.2) is 37.3 Å². The van der Waals surface area contributed by atoms with Gasteiger partial charge in [-0.15, -0.1) is 0 Å². The molecule has 2 N–H and O–H groups in total. The van der Waals surface area contributed by atoms with Crippen LogP contribution in [0, 0.1) is 0 Å². The number of aliphatic hydroxyl groups is 1. The van der Waals surface area contributed by atoms with Crippen molar-refractivity contribution in [3.05, 3.63) is 29.8 Å². The zero-order valence-corrected chi connectivity index (χ0v) is 14.6. The van der Waals surface area contributed by atoms with E-state index >= 15 is 0 Å². The van der Waals surface area contributed by atoms with Crippen molar-refractivity contribution in [3.8, 4) is 0 Å². The molecule has 0 aliphatic rings. The summed E-state index contributed by atoms with van der Waals surface area (Å²) in [5.41, 5.74) is 1.31. The van der Waals surface area contributed by atoms with Gasteiger partial charge in [-0.1, -0.05) is 49.1 Å². The van der Waals surface area contributed by atoms with Crippen molar-refractivity contribution >= 4 is 25.0 Å². The van der Waals surface area contributed by atoms with Gasteiger partial charge in [-0.25, -0.2) is 0 Å². The fourth-order valence-corrected chi connectivity index (χ4v) is 3.79. The van der Waals surface area contributed by atoms with Crippen LogP contribution in [0.25, 0.3) is 0 Å². The molecular formula is C15H27NOSSi. The van der Waals surface area contributed by atoms with Crippen molar-refractivity contribution in [2.24, 2.45) is 0 Å². The molecule has 2 nitrogen and oxygen atoms in total. The van der Waals surface area contributed by atoms with Gasteiger partial charge in [0.15, 0.2) is 0 Å². The van der Waals surface area contributed by atoms with Gasteiger partial charge in [-0.05, 0) is 18.7 Å². The lowest BCUT2D eigenvalue weighted by Gasteiger charge is -2.22. The van der Waals surface area contributed by atoms with Crippen molar-refractivity contribution < 1.29 is 5.11 Å². The first-order valence-electron chi connectivity index (χ1n) is 6.85. The van der Waals surface area contributed by atoms with E-state index in [1.54, 1.807) is 11.8 Å². The summed E-state index contributed by atoms with van der Waals surface area (Å²) in [5.74, 6) is 0. The van der Waals surface area contributed by atoms with Crippen molar-refractivity contribution in [2.45, 2.75) is 44.4 Å². The van der Waals surface area contributed by atoms with E-state index in [1.807, 2.05) is 6.26 Å². The van der Waals surface area contributed by atoms with E-state index in [4.69, 9.17) is 0 Å². The summed E-state index contributed by atoms with van der Waals surface area (Å²) in [5, 5.41) is 14.5. The zero-order chi connectivity index (χ0) is 14.5. The van der Waals surface area contributed by atoms with Crippen molar-refractivity contribution in [1.82, 2.24) is 5.32 Å². The summed E-state index contributed by atoms with van der Waals surface area (Å²) in [6, 6.07) is 9.30. The Morgan fingerprint density at radius 3 is 2.21 bits per heavy atom. The highest BCUT2D eigenvalue weighted by Gasteiger charge is 2.16. The molecule has 0 fully saturated rings. The average molecular weight is 298 g/mol. The predicted octanol–water partition coefficient (Wildman–Crippen LogP) is 2.43. The van der Waals surface area contributed by atoms with Gasteiger partial charge in [-0.2, -0.15) is 11.8 Å². The Kier molecular flexibility index (Phi) is 6.60. The van der Waals surface area contributed by atoms with Crippen LogP contribution in [0.3, 0.4) is 0 Å². The molecule has 0 heterocycles. The predicted molar refractivity (Wildman–Crippen MR) is 90.1 cm³/mol. The van der Waals surface area contributed by atoms with Gasteiger partial charge in [0.1, 0.15) is 0 Å². The first-order valence-corrected chi connectivity index (χ1v) is 11.6. The Morgan fingerprint density at radius 1 is 1.21 bits per heavy atom. The first kappa shape index (κ1) is 16.8. The van der Waals surface area contributed by atoms with Gasteiger partial charge >= 0.3 is 0 Å². The number of hydrogen-bond donors (Lipinski definition) is 2. The minimum absolute atomic E-state index is 0.226. The molecule has 0 bridgehead atoms. The van der Waals surface area contributed by atoms with Crippen LogP contribution in [0.2, 0.25) is 19.6 Å². The second-order valence-electron chi connectivity index (χ2n) is 6.07. The van der Waals surface area contributed by atoms with Gasteiger partial charge in [0.05, 0.1) is 14.7 Å². The Labute approximate surface area is 123 Å². The van der Waals surface area contributed by atoms with Crippen LogP contribution in [0.5, 0.6) is 0 Å². The molecule has 0 saturated heterocycles. The van der Waals surface area contributed by atoms with Crippen LogP contribution in [0.15, 0.2) is 24.3 Å². The largest absolute Gasteiger partial charge is 0.395 e. The molecule has 0 aromatic heterocycles. The van der Waals surface area contributed by atoms with E-state index in [2.05, 4.69) is 56.1 Å². The van der Waals surface area contributed by atoms with Crippen LogP contribution in [0.4, 0.5) is 0 Å². The first-order chi connectivity index (χ1) is 8.88. The van der Waals surface area contributed by atoms with Crippen LogP contribution in [0.1, 0.15) is 12.5 Å². The minimum Gasteiger partial charge on any atom is -0.395 e. The van der Waals surface area contributed by atoms with E-state index in [0.717, 1.165) is 6.54 Å². The molecule has 1 aromatic rings. The average Bonchev–Trinajstić information content (AvgIpc) is 2.37. The van der Waals surface area contributed by atoms with Crippen LogP contribution < -0.4 is 10.5 Å². The van der Waals surface area contributed by atoms with Gasteiger partial charge in [-0.3, -0.25) is 0 Å². The Hall–Kier alpha value is -0.293. The quantitative estimate of drug-likeness (QED) is 0.758. The third-order valence-corrected chi connectivity index (χ3v) is 6.72. The normalized spacial score (nSPS) is 15.3. The summed E-state index contributed by atoms with van der Waals surface area (Å²) < 4.78 is 0. The summed E-state index contributed by atoms with van der Waals surface area (Å²) in [6.07, 6.45) is 2.04. The Balaban J connectivity index is 2.55. The van der Waals surface area contributed by atoms with Gasteiger partial charge in [0.2, 0.25) is 0 Å². The van der Waals surface area contributed by atoms with Gasteiger partial charge < -0.3 is 10.4 Å². The standard InChI is InChI=1S/C15H27NOSSi/c1-12(15(11-17)18-2)16-10-13-6-8-14(9-7-13)19(3,4)5/h6-9,12,15-17H,10-11H2,1-5H3. The fourth-order valence-electron chi connectivity index (χ4n) is 1.97. The molecule has 0 aliphatic carbocycles. The van der Waals surface area contributed by atoms with E-state index < -0.39 is 8.07 Å². The lowest BCUT2D eigenvalue weighted by atomic mass is 10.2. The smallest absolute Gasteiger partial charge is 0.0775 e. The fraction of sp³-hybridized carbons (Fsp3) is 0.600. The second kappa shape index (κ2) is 7.48. The lowest BCUT2D eigenvalue weighted by Crippen LogP contribution is -2.38. The SMILES string of the molecule is CSC(CO)C(C)NCc1ccc([Si](C)(C)C)cc1. The third-order valence-electron chi connectivity index (χ3n) is 3.49. The van der Waals surface area contributed by atoms with Crippen molar-refractivity contribution in [1.29, 1.82) is 0 Å². The molecule has 108 valence electrons. The maximum Gasteiger partial charge on any atom is 0.0775 e. The molecule has 2 unspecified atom stereocenters. The molecule has 0 spiro atoms. The number of thioether (sulfide) groups is 1. The van der Waals surface area contributed by atoms with Crippen LogP contribution >= 0.6 is 11.8 Å². The van der Waals surface area contributed by atoms with Crippen molar-refractivity contribution in [2.75, 3.05) is 12.9 Å². The molecule has 2 atom stereocenters. The highest BCUT2D eigenvalue weighted by Crippen LogP contribution is 2.11. The molecule has 4 heteroatoms. The minimum atomic E-state index is -1.19. The number of rotatable bonds is 7. The van der Waals surface area contributed by atoms with Crippen molar-refractivity contribution in [3.63, 3.8) is 0 Å². The monoisotopic (exact) mass is 297 g/mol. The maximum atomic E-state index is 9.26. The Morgan fingerprint density at radius 2 is 1.79 bits per heavy atom. The summed E-state index contributed by atoms with van der Waals surface area (Å²) in [7, 11) is -1.19. The second-order valence-corrected chi connectivity index (χ2v) is 12.2. The summed E-state index contributed by atoms with van der Waals surface area (Å²) in [6.45, 7) is 10.3. The summed E-state index contributed by atoms with van der Waals surface area (Å²) in [4.78, 5) is 0. The number of nitrogens with one attached hydrogen (secondary N) is 1. The van der Waals surface area contributed by atoms with Gasteiger partial charge in [0, 0.05) is 17.8 Å². The molecule has 1 aromatic carbocycles. The zero-order valence-electron chi connectivity index (χ0n) is 12.7. The van der Waals surface area contributed by atoms with E-state index in [0.29, 0.717) is 6.04 Å². The number of aliphatic hydroxyl groups excluding tert-OH is 1. The highest BCUT2D eigenvalue weighted by atomic mass is 32.2. The topological polar surface area (TPSA) is 32.3 Å². The number of benzene rings is 1. The maximum absolute atomic E-state index is 9.26. The lowest BCUT2D eigenvalue weighted by molar-refractivity contribution is 0.276. The number of hydrogen-bond acceptors (Lipinski definition) is 3. The Bertz CT molecular complexity index is 371.